The average molecular weight is 607 g/mol. The highest BCUT2D eigenvalue weighted by atomic mass is 32.2. The smallest absolute Gasteiger partial charge is 0.303 e. The first-order valence-electron chi connectivity index (χ1n) is 14.6. The Morgan fingerprint density at radius 1 is 0.791 bits per heavy atom. The van der Waals surface area contributed by atoms with E-state index in [-0.39, 0.29) is 25.2 Å². The summed E-state index contributed by atoms with van der Waals surface area (Å²) in [6.45, 7) is 11.8. The Balaban J connectivity index is 1.72. The summed E-state index contributed by atoms with van der Waals surface area (Å²) in [5.74, 6) is -0.899. The maximum absolute atomic E-state index is 12.5. The van der Waals surface area contributed by atoms with Crippen molar-refractivity contribution in [3.05, 3.63) is 101 Å². The molecule has 4 rings (SSSR count). The zero-order valence-corrected chi connectivity index (χ0v) is 26.6. The summed E-state index contributed by atoms with van der Waals surface area (Å²) in [4.78, 5) is 25.4. The van der Waals surface area contributed by atoms with Crippen LogP contribution in [0.5, 0.6) is 0 Å². The normalized spacial score (nSPS) is 22.1. The lowest BCUT2D eigenvalue weighted by Crippen LogP contribution is -2.60. The predicted molar refractivity (Wildman–Crippen MR) is 167 cm³/mol. The first kappa shape index (κ1) is 32.7. The fraction of sp³-hybridized carbons (Fsp3) is 0.429. The zero-order chi connectivity index (χ0) is 31.0. The number of rotatable bonds is 11. The quantitative estimate of drug-likeness (QED) is 0.221. The molecule has 3 aromatic carbocycles. The first-order chi connectivity index (χ1) is 20.5. The number of benzene rings is 3. The lowest BCUT2D eigenvalue weighted by molar-refractivity contribution is -0.246. The van der Waals surface area contributed by atoms with Gasteiger partial charge in [-0.25, -0.2) is 0 Å². The summed E-state index contributed by atoms with van der Waals surface area (Å²) < 4.78 is 31.1. The number of hydrogen-bond acceptors (Lipinski definition) is 8. The molecule has 8 heteroatoms. The largest absolute Gasteiger partial charge is 0.463 e. The highest BCUT2D eigenvalue weighted by Crippen LogP contribution is 2.40. The lowest BCUT2D eigenvalue weighted by atomic mass is 9.87. The fourth-order valence-corrected chi connectivity index (χ4v) is 6.13. The number of thioether (sulfide) groups is 1. The van der Waals surface area contributed by atoms with E-state index < -0.39 is 41.8 Å². The number of aryl methyl sites for hydroxylation is 1. The Bertz CT molecular complexity index is 1340. The first-order valence-corrected chi connectivity index (χ1v) is 15.4. The third kappa shape index (κ3) is 9.41. The molecule has 0 N–H and O–H groups in total. The van der Waals surface area contributed by atoms with Gasteiger partial charge in [0.2, 0.25) is 0 Å². The van der Waals surface area contributed by atoms with Crippen LogP contribution < -0.4 is 0 Å². The number of esters is 2. The van der Waals surface area contributed by atoms with E-state index >= 15 is 0 Å². The molecular weight excluding hydrogens is 564 g/mol. The van der Waals surface area contributed by atoms with Crippen LogP contribution in [0.3, 0.4) is 0 Å². The maximum Gasteiger partial charge on any atom is 0.303 e. The van der Waals surface area contributed by atoms with Gasteiger partial charge < -0.3 is 23.7 Å². The van der Waals surface area contributed by atoms with Gasteiger partial charge in [0.05, 0.1) is 13.2 Å². The molecule has 0 amide bonds. The molecule has 1 heterocycles. The average Bonchev–Trinajstić information content (AvgIpc) is 2.96. The summed E-state index contributed by atoms with van der Waals surface area (Å²) in [5.41, 5.74) is 3.56. The monoisotopic (exact) mass is 606 g/mol. The lowest BCUT2D eigenvalue weighted by Gasteiger charge is -2.45. The van der Waals surface area contributed by atoms with Crippen molar-refractivity contribution >= 4 is 23.7 Å². The molecular formula is C35H42O7S. The van der Waals surface area contributed by atoms with E-state index in [1.807, 2.05) is 60.7 Å². The minimum atomic E-state index is -0.831. The van der Waals surface area contributed by atoms with Crippen LogP contribution >= 0.6 is 11.8 Å². The molecule has 0 bridgehead atoms. The molecule has 3 aromatic rings. The standard InChI is InChI=1S/C35H42O7S/c1-23-17-18-28(35(4,5)6)19-30(23)43-34-33(40-21-27-15-11-8-12-16-27)32(41-25(3)37)31(29(42-34)22-38-24(2)36)39-20-26-13-9-7-10-14-26/h7-19,29,31-34H,20-22H2,1-6H3. The van der Waals surface area contributed by atoms with Crippen LogP contribution in [0, 0.1) is 6.92 Å². The van der Waals surface area contributed by atoms with Crippen molar-refractivity contribution in [2.75, 3.05) is 6.61 Å². The van der Waals surface area contributed by atoms with Crippen molar-refractivity contribution in [2.45, 2.75) is 94.9 Å². The molecule has 5 unspecified atom stereocenters. The highest BCUT2D eigenvalue weighted by molar-refractivity contribution is 7.99. The van der Waals surface area contributed by atoms with Gasteiger partial charge in [-0.1, -0.05) is 105 Å². The Hall–Kier alpha value is -3.17. The van der Waals surface area contributed by atoms with Crippen LogP contribution in [0.2, 0.25) is 0 Å². The van der Waals surface area contributed by atoms with Crippen LogP contribution in [-0.4, -0.2) is 48.4 Å². The van der Waals surface area contributed by atoms with Crippen molar-refractivity contribution < 1.29 is 33.3 Å². The Morgan fingerprint density at radius 2 is 1.37 bits per heavy atom. The number of ether oxygens (including phenoxy) is 5. The van der Waals surface area contributed by atoms with Crippen LogP contribution in [0.1, 0.15) is 56.9 Å². The van der Waals surface area contributed by atoms with E-state index in [2.05, 4.69) is 45.9 Å². The molecule has 0 aliphatic carbocycles. The Labute approximate surface area is 259 Å². The van der Waals surface area contributed by atoms with Gasteiger partial charge in [0.1, 0.15) is 30.4 Å². The van der Waals surface area contributed by atoms with Gasteiger partial charge in [-0.2, -0.15) is 0 Å². The maximum atomic E-state index is 12.5. The van der Waals surface area contributed by atoms with E-state index in [1.165, 1.54) is 31.2 Å². The van der Waals surface area contributed by atoms with Crippen LogP contribution in [0.15, 0.2) is 83.8 Å². The van der Waals surface area contributed by atoms with Gasteiger partial charge >= 0.3 is 11.9 Å². The van der Waals surface area contributed by atoms with E-state index in [0.717, 1.165) is 21.6 Å². The molecule has 7 nitrogen and oxygen atoms in total. The van der Waals surface area contributed by atoms with E-state index in [0.29, 0.717) is 0 Å². The topological polar surface area (TPSA) is 80.3 Å². The molecule has 0 saturated carbocycles. The van der Waals surface area contributed by atoms with Crippen molar-refractivity contribution in [3.8, 4) is 0 Å². The van der Waals surface area contributed by atoms with Gasteiger partial charge in [-0.3, -0.25) is 9.59 Å². The van der Waals surface area contributed by atoms with Crippen LogP contribution in [0.4, 0.5) is 0 Å². The molecule has 0 aromatic heterocycles. The summed E-state index contributed by atoms with van der Waals surface area (Å²) in [6.07, 6.45) is -3.00. The minimum Gasteiger partial charge on any atom is -0.463 e. The molecule has 0 spiro atoms. The molecule has 43 heavy (non-hydrogen) atoms. The van der Waals surface area contributed by atoms with Gasteiger partial charge in [0, 0.05) is 18.7 Å². The van der Waals surface area contributed by atoms with Crippen molar-refractivity contribution in [1.82, 2.24) is 0 Å². The molecule has 5 atom stereocenters. The third-order valence-corrected chi connectivity index (χ3v) is 8.52. The van der Waals surface area contributed by atoms with Crippen molar-refractivity contribution in [2.24, 2.45) is 0 Å². The molecule has 1 saturated heterocycles. The number of carbonyl (C=O) groups excluding carboxylic acids is 2. The van der Waals surface area contributed by atoms with Crippen LogP contribution in [-0.2, 0) is 51.9 Å². The second-order valence-electron chi connectivity index (χ2n) is 11.8. The molecule has 0 radical (unpaired) electrons. The Kier molecular flexibility index (Phi) is 11.4. The van der Waals surface area contributed by atoms with E-state index in [1.54, 1.807) is 0 Å². The van der Waals surface area contributed by atoms with Crippen LogP contribution in [0.25, 0.3) is 0 Å². The van der Waals surface area contributed by atoms with Gasteiger partial charge in [-0.05, 0) is 40.7 Å². The summed E-state index contributed by atoms with van der Waals surface area (Å²) in [5, 5.41) is 0. The third-order valence-electron chi connectivity index (χ3n) is 7.21. The number of carbonyl (C=O) groups is 2. The predicted octanol–water partition coefficient (Wildman–Crippen LogP) is 6.78. The molecule has 1 aliphatic rings. The molecule has 1 fully saturated rings. The second kappa shape index (κ2) is 15.0. The summed E-state index contributed by atoms with van der Waals surface area (Å²) >= 11 is 1.52. The SMILES string of the molecule is CC(=O)OCC1OC(Sc2cc(C(C)(C)C)ccc2C)C(OCc2ccccc2)C(OC(C)=O)C1OCc1ccccc1. The second-order valence-corrected chi connectivity index (χ2v) is 12.9. The fourth-order valence-electron chi connectivity index (χ4n) is 4.86. The molecule has 1 aliphatic heterocycles. The van der Waals surface area contributed by atoms with Crippen molar-refractivity contribution in [1.29, 1.82) is 0 Å². The van der Waals surface area contributed by atoms with Gasteiger partial charge in [0.15, 0.2) is 6.10 Å². The summed E-state index contributed by atoms with van der Waals surface area (Å²) in [7, 11) is 0. The Morgan fingerprint density at radius 3 is 1.91 bits per heavy atom. The van der Waals surface area contributed by atoms with Crippen molar-refractivity contribution in [3.63, 3.8) is 0 Å². The zero-order valence-electron chi connectivity index (χ0n) is 25.8. The van der Waals surface area contributed by atoms with E-state index in [4.69, 9.17) is 23.7 Å². The molecule has 230 valence electrons. The van der Waals surface area contributed by atoms with Gasteiger partial charge in [0.25, 0.3) is 0 Å². The minimum absolute atomic E-state index is 0.0475. The summed E-state index contributed by atoms with van der Waals surface area (Å²) in [6, 6.07) is 26.0. The number of hydrogen-bond donors (Lipinski definition) is 0. The van der Waals surface area contributed by atoms with Gasteiger partial charge in [-0.15, -0.1) is 0 Å². The van der Waals surface area contributed by atoms with E-state index in [9.17, 15) is 9.59 Å². The highest BCUT2D eigenvalue weighted by Gasteiger charge is 2.50.